The van der Waals surface area contributed by atoms with Crippen LogP contribution in [-0.2, 0) is 14.3 Å². The zero-order valence-electron chi connectivity index (χ0n) is 15.8. The number of nitrogens with zero attached hydrogens (tertiary/aromatic N) is 1. The van der Waals surface area contributed by atoms with Gasteiger partial charge in [0.05, 0.1) is 13.2 Å². The smallest absolute Gasteiger partial charge is 0.251 e. The lowest BCUT2D eigenvalue weighted by Gasteiger charge is -2.36. The van der Waals surface area contributed by atoms with Gasteiger partial charge in [-0.2, -0.15) is 0 Å². The topological polar surface area (TPSA) is 67.9 Å². The number of carbonyl (C=O) groups is 2. The van der Waals surface area contributed by atoms with Crippen LogP contribution < -0.4 is 5.32 Å². The average molecular weight is 395 g/mol. The van der Waals surface area contributed by atoms with Gasteiger partial charge in [0.25, 0.3) is 5.91 Å². The van der Waals surface area contributed by atoms with Gasteiger partial charge in [-0.25, -0.2) is 0 Å². The maximum Gasteiger partial charge on any atom is 0.251 e. The highest BCUT2D eigenvalue weighted by Crippen LogP contribution is 2.26. The molecule has 1 aromatic rings. The Morgan fingerprint density at radius 2 is 1.70 bits per heavy atom. The van der Waals surface area contributed by atoms with E-state index in [0.717, 1.165) is 12.8 Å². The van der Waals surface area contributed by atoms with Crippen LogP contribution in [0.1, 0.15) is 37.0 Å². The summed E-state index contributed by atoms with van der Waals surface area (Å²) in [5, 5.41) is 3.46. The molecule has 0 bridgehead atoms. The zero-order valence-corrected chi connectivity index (χ0v) is 16.6. The Hall–Kier alpha value is -1.63. The van der Waals surface area contributed by atoms with Crippen LogP contribution in [0, 0.1) is 11.8 Å². The second-order valence-corrected chi connectivity index (χ2v) is 7.91. The van der Waals surface area contributed by atoms with Crippen LogP contribution in [0.3, 0.4) is 0 Å². The SMILES string of the molecule is CC(C)C(NC(=O)c1ccc(Cl)cc1)C(=O)N1CCC(C2OCCO2)CC1. The maximum atomic E-state index is 13.0. The third kappa shape index (κ3) is 5.00. The molecule has 7 heteroatoms. The molecule has 27 heavy (non-hydrogen) atoms. The monoisotopic (exact) mass is 394 g/mol. The van der Waals surface area contributed by atoms with Crippen LogP contribution in [-0.4, -0.2) is 55.3 Å². The third-order valence-electron chi connectivity index (χ3n) is 5.21. The second-order valence-electron chi connectivity index (χ2n) is 7.47. The van der Waals surface area contributed by atoms with Crippen molar-refractivity contribution in [3.05, 3.63) is 34.9 Å². The molecule has 0 spiro atoms. The number of halogens is 1. The van der Waals surface area contributed by atoms with E-state index in [1.807, 2.05) is 18.7 Å². The first-order chi connectivity index (χ1) is 13.0. The molecule has 1 N–H and O–H groups in total. The van der Waals surface area contributed by atoms with Gasteiger partial charge in [0.15, 0.2) is 6.29 Å². The van der Waals surface area contributed by atoms with Crippen LogP contribution in [0.5, 0.6) is 0 Å². The van der Waals surface area contributed by atoms with E-state index in [-0.39, 0.29) is 24.0 Å². The fourth-order valence-corrected chi connectivity index (χ4v) is 3.70. The van der Waals surface area contributed by atoms with Gasteiger partial charge in [-0.15, -0.1) is 0 Å². The highest BCUT2D eigenvalue weighted by atomic mass is 35.5. The molecule has 3 rings (SSSR count). The summed E-state index contributed by atoms with van der Waals surface area (Å²) < 4.78 is 11.2. The van der Waals surface area contributed by atoms with Gasteiger partial charge in [-0.3, -0.25) is 9.59 Å². The average Bonchev–Trinajstić information content (AvgIpc) is 3.20. The number of ether oxygens (including phenoxy) is 2. The first-order valence-electron chi connectivity index (χ1n) is 9.54. The van der Waals surface area contributed by atoms with Gasteiger partial charge >= 0.3 is 0 Å². The Balaban J connectivity index is 1.58. The number of nitrogens with one attached hydrogen (secondary N) is 1. The van der Waals surface area contributed by atoms with Crippen molar-refractivity contribution in [1.82, 2.24) is 10.2 Å². The number of likely N-dealkylation sites (tertiary alicyclic amines) is 1. The standard InChI is InChI=1S/C20H27ClN2O4/c1-13(2)17(22-18(24)14-3-5-16(21)6-4-14)19(25)23-9-7-15(8-10-23)20-26-11-12-27-20/h3-6,13,15,17,20H,7-12H2,1-2H3,(H,22,24). The molecule has 2 aliphatic rings. The maximum absolute atomic E-state index is 13.0. The second kappa shape index (κ2) is 9.04. The molecule has 1 aromatic carbocycles. The summed E-state index contributed by atoms with van der Waals surface area (Å²) in [6.07, 6.45) is 1.58. The molecular weight excluding hydrogens is 368 g/mol. The number of carbonyl (C=O) groups excluding carboxylic acids is 2. The van der Waals surface area contributed by atoms with Gasteiger partial charge in [0.1, 0.15) is 6.04 Å². The molecular formula is C20H27ClN2O4. The molecule has 0 saturated carbocycles. The normalized spacial score (nSPS) is 20.1. The van der Waals surface area contributed by atoms with E-state index in [9.17, 15) is 9.59 Å². The summed E-state index contributed by atoms with van der Waals surface area (Å²) in [7, 11) is 0. The molecule has 1 unspecified atom stereocenters. The summed E-state index contributed by atoms with van der Waals surface area (Å²) in [4.78, 5) is 27.4. The largest absolute Gasteiger partial charge is 0.350 e. The van der Waals surface area contributed by atoms with Crippen molar-refractivity contribution in [1.29, 1.82) is 0 Å². The number of rotatable bonds is 5. The highest BCUT2D eigenvalue weighted by molar-refractivity contribution is 6.30. The molecule has 2 saturated heterocycles. The minimum absolute atomic E-state index is 0.00651. The van der Waals surface area contributed by atoms with Crippen molar-refractivity contribution in [3.8, 4) is 0 Å². The molecule has 148 valence electrons. The van der Waals surface area contributed by atoms with Gasteiger partial charge in [-0.05, 0) is 43.0 Å². The first kappa shape index (κ1) is 20.1. The van der Waals surface area contributed by atoms with Crippen LogP contribution in [0.15, 0.2) is 24.3 Å². The van der Waals surface area contributed by atoms with Crippen molar-refractivity contribution >= 4 is 23.4 Å². The lowest BCUT2D eigenvalue weighted by Crippen LogP contribution is -2.53. The predicted molar refractivity (Wildman–Crippen MR) is 103 cm³/mol. The number of benzene rings is 1. The van der Waals surface area contributed by atoms with E-state index >= 15 is 0 Å². The van der Waals surface area contributed by atoms with E-state index in [0.29, 0.717) is 42.8 Å². The zero-order chi connectivity index (χ0) is 19.4. The summed E-state index contributed by atoms with van der Waals surface area (Å²) in [5.74, 6) is 0.0334. The number of hydrogen-bond acceptors (Lipinski definition) is 4. The summed E-state index contributed by atoms with van der Waals surface area (Å²) in [5.41, 5.74) is 0.493. The van der Waals surface area contributed by atoms with Gasteiger partial charge in [0, 0.05) is 29.6 Å². The lowest BCUT2D eigenvalue weighted by atomic mass is 9.94. The molecule has 6 nitrogen and oxygen atoms in total. The first-order valence-corrected chi connectivity index (χ1v) is 9.92. The fourth-order valence-electron chi connectivity index (χ4n) is 3.58. The van der Waals surface area contributed by atoms with E-state index in [2.05, 4.69) is 5.32 Å². The molecule has 0 aliphatic carbocycles. The van der Waals surface area contributed by atoms with Crippen molar-refractivity contribution < 1.29 is 19.1 Å². The molecule has 2 aliphatic heterocycles. The summed E-state index contributed by atoms with van der Waals surface area (Å²) in [6, 6.07) is 6.10. The Morgan fingerprint density at radius 1 is 1.11 bits per heavy atom. The van der Waals surface area contributed by atoms with Crippen molar-refractivity contribution in [2.75, 3.05) is 26.3 Å². The number of amides is 2. The third-order valence-corrected chi connectivity index (χ3v) is 5.46. The van der Waals surface area contributed by atoms with Crippen LogP contribution in [0.25, 0.3) is 0 Å². The van der Waals surface area contributed by atoms with E-state index in [1.165, 1.54) is 0 Å². The fraction of sp³-hybridized carbons (Fsp3) is 0.600. The molecule has 2 amide bonds. The van der Waals surface area contributed by atoms with Crippen LogP contribution >= 0.6 is 11.6 Å². The predicted octanol–water partition coefficient (Wildman–Crippen LogP) is 2.71. The molecule has 0 aromatic heterocycles. The van der Waals surface area contributed by atoms with Gasteiger partial charge in [-0.1, -0.05) is 25.4 Å². The Morgan fingerprint density at radius 3 is 2.26 bits per heavy atom. The molecule has 2 heterocycles. The number of piperidine rings is 1. The quantitative estimate of drug-likeness (QED) is 0.833. The van der Waals surface area contributed by atoms with E-state index in [4.69, 9.17) is 21.1 Å². The van der Waals surface area contributed by atoms with Crippen LogP contribution in [0.2, 0.25) is 5.02 Å². The van der Waals surface area contributed by atoms with Gasteiger partial charge in [0.2, 0.25) is 5.91 Å². The Bertz CT molecular complexity index is 650. The molecule has 1 atom stereocenters. The number of hydrogen-bond donors (Lipinski definition) is 1. The van der Waals surface area contributed by atoms with Crippen molar-refractivity contribution in [2.24, 2.45) is 11.8 Å². The van der Waals surface area contributed by atoms with E-state index in [1.54, 1.807) is 24.3 Å². The van der Waals surface area contributed by atoms with Crippen LogP contribution in [0.4, 0.5) is 0 Å². The molecule has 2 fully saturated rings. The summed E-state index contributed by atoms with van der Waals surface area (Å²) >= 11 is 5.87. The summed E-state index contributed by atoms with van der Waals surface area (Å²) in [6.45, 7) is 6.50. The molecule has 0 radical (unpaired) electrons. The van der Waals surface area contributed by atoms with Crippen molar-refractivity contribution in [2.45, 2.75) is 39.0 Å². The minimum Gasteiger partial charge on any atom is -0.350 e. The van der Waals surface area contributed by atoms with Crippen molar-refractivity contribution in [3.63, 3.8) is 0 Å². The minimum atomic E-state index is -0.552. The highest BCUT2D eigenvalue weighted by Gasteiger charge is 2.35. The Labute approximate surface area is 165 Å². The van der Waals surface area contributed by atoms with E-state index < -0.39 is 6.04 Å². The Kier molecular flexibility index (Phi) is 6.73. The van der Waals surface area contributed by atoms with Gasteiger partial charge < -0.3 is 19.7 Å². The lowest BCUT2D eigenvalue weighted by molar-refractivity contribution is -0.139.